The lowest BCUT2D eigenvalue weighted by atomic mass is 9.79. The fourth-order valence-corrected chi connectivity index (χ4v) is 4.89. The van der Waals surface area contributed by atoms with Gasteiger partial charge in [0.1, 0.15) is 11.6 Å². The van der Waals surface area contributed by atoms with Crippen LogP contribution in [0.15, 0.2) is 35.9 Å². The molecule has 31 heavy (non-hydrogen) atoms. The van der Waals surface area contributed by atoms with Gasteiger partial charge >= 0.3 is 0 Å². The summed E-state index contributed by atoms with van der Waals surface area (Å²) in [7, 11) is 0. The molecular formula is C26H30ClN3O. The molecule has 1 N–H and O–H groups in total. The lowest BCUT2D eigenvalue weighted by Gasteiger charge is -2.47. The molecule has 1 aliphatic rings. The van der Waals surface area contributed by atoms with E-state index in [0.717, 1.165) is 29.8 Å². The summed E-state index contributed by atoms with van der Waals surface area (Å²) >= 11 is 6.62. The average Bonchev–Trinajstić information content (AvgIpc) is 2.68. The van der Waals surface area contributed by atoms with Crippen LogP contribution in [0.2, 0.25) is 5.02 Å². The molecule has 1 atom stereocenters. The minimum atomic E-state index is -0.437. The summed E-state index contributed by atoms with van der Waals surface area (Å²) in [6.45, 7) is 13.7. The Balaban J connectivity index is 1.97. The summed E-state index contributed by atoms with van der Waals surface area (Å²) in [5, 5.41) is 13.0. The van der Waals surface area contributed by atoms with E-state index in [0.29, 0.717) is 22.2 Å². The van der Waals surface area contributed by atoms with Crippen molar-refractivity contribution in [3.8, 4) is 6.07 Å². The molecule has 0 aliphatic carbocycles. The SMILES string of the molecule is CCN1c2cc(Cl)c(/C=C(\C#N)C(=O)Nc3ccc(C)cc3C)cc2C(C)CC1(C)C. The minimum absolute atomic E-state index is 0.0259. The van der Waals surface area contributed by atoms with Crippen molar-refractivity contribution in [3.63, 3.8) is 0 Å². The highest BCUT2D eigenvalue weighted by Gasteiger charge is 2.35. The number of nitriles is 1. The Morgan fingerprint density at radius 3 is 2.65 bits per heavy atom. The number of fused-ring (bicyclic) bond motifs is 1. The highest BCUT2D eigenvalue weighted by atomic mass is 35.5. The van der Waals surface area contributed by atoms with Crippen molar-refractivity contribution in [1.82, 2.24) is 0 Å². The van der Waals surface area contributed by atoms with Crippen LogP contribution in [0.25, 0.3) is 6.08 Å². The van der Waals surface area contributed by atoms with E-state index in [4.69, 9.17) is 11.6 Å². The van der Waals surface area contributed by atoms with Gasteiger partial charge in [0.2, 0.25) is 0 Å². The molecule has 1 unspecified atom stereocenters. The first-order valence-corrected chi connectivity index (χ1v) is 11.1. The quantitative estimate of drug-likeness (QED) is 0.434. The molecule has 0 aromatic heterocycles. The molecule has 1 aliphatic heterocycles. The number of hydrogen-bond acceptors (Lipinski definition) is 3. The predicted molar refractivity (Wildman–Crippen MR) is 130 cm³/mol. The molecule has 4 nitrogen and oxygen atoms in total. The van der Waals surface area contributed by atoms with Crippen molar-refractivity contribution in [2.45, 2.75) is 59.4 Å². The molecule has 0 fully saturated rings. The largest absolute Gasteiger partial charge is 0.366 e. The number of aryl methyl sites for hydroxylation is 2. The number of nitrogens with one attached hydrogen (secondary N) is 1. The van der Waals surface area contributed by atoms with Gasteiger partial charge in [-0.05, 0) is 87.9 Å². The fourth-order valence-electron chi connectivity index (χ4n) is 4.68. The predicted octanol–water partition coefficient (Wildman–Crippen LogP) is 6.61. The monoisotopic (exact) mass is 435 g/mol. The van der Waals surface area contributed by atoms with Crippen molar-refractivity contribution < 1.29 is 4.79 Å². The summed E-state index contributed by atoms with van der Waals surface area (Å²) in [5.74, 6) is -0.0839. The second kappa shape index (κ2) is 8.77. The molecule has 0 spiro atoms. The number of hydrogen-bond donors (Lipinski definition) is 1. The molecule has 2 aromatic carbocycles. The molecule has 0 saturated carbocycles. The van der Waals surface area contributed by atoms with Gasteiger partial charge in [0.15, 0.2) is 0 Å². The van der Waals surface area contributed by atoms with E-state index < -0.39 is 5.91 Å². The van der Waals surface area contributed by atoms with Crippen molar-refractivity contribution in [2.24, 2.45) is 0 Å². The van der Waals surface area contributed by atoms with E-state index in [1.165, 1.54) is 5.56 Å². The van der Waals surface area contributed by atoms with Crippen LogP contribution in [-0.4, -0.2) is 18.0 Å². The first kappa shape index (κ1) is 22.9. The van der Waals surface area contributed by atoms with Crippen LogP contribution in [0, 0.1) is 25.2 Å². The van der Waals surface area contributed by atoms with Crippen LogP contribution in [0.1, 0.15) is 62.3 Å². The Bertz CT molecular complexity index is 1090. The van der Waals surface area contributed by atoms with Gasteiger partial charge in [-0.15, -0.1) is 0 Å². The number of carbonyl (C=O) groups is 1. The number of carbonyl (C=O) groups excluding carboxylic acids is 1. The second-order valence-electron chi connectivity index (χ2n) is 9.04. The Morgan fingerprint density at radius 1 is 1.32 bits per heavy atom. The van der Waals surface area contributed by atoms with Crippen molar-refractivity contribution in [1.29, 1.82) is 5.26 Å². The summed E-state index contributed by atoms with van der Waals surface area (Å²) in [6.07, 6.45) is 2.61. The summed E-state index contributed by atoms with van der Waals surface area (Å²) in [4.78, 5) is 15.2. The maximum absolute atomic E-state index is 12.8. The van der Waals surface area contributed by atoms with Gasteiger partial charge in [0, 0.05) is 28.5 Å². The minimum Gasteiger partial charge on any atom is -0.366 e. The van der Waals surface area contributed by atoms with Gasteiger partial charge in [-0.2, -0.15) is 5.26 Å². The van der Waals surface area contributed by atoms with E-state index in [1.807, 2.05) is 50.2 Å². The van der Waals surface area contributed by atoms with Gasteiger partial charge in [-0.25, -0.2) is 0 Å². The van der Waals surface area contributed by atoms with E-state index in [2.05, 4.69) is 37.9 Å². The van der Waals surface area contributed by atoms with Crippen LogP contribution in [-0.2, 0) is 4.79 Å². The van der Waals surface area contributed by atoms with Crippen LogP contribution >= 0.6 is 11.6 Å². The van der Waals surface area contributed by atoms with Crippen LogP contribution < -0.4 is 10.2 Å². The molecule has 0 bridgehead atoms. The second-order valence-corrected chi connectivity index (χ2v) is 9.44. The van der Waals surface area contributed by atoms with Crippen molar-refractivity contribution in [3.05, 3.63) is 63.2 Å². The molecule has 1 heterocycles. The molecule has 5 heteroatoms. The third-order valence-electron chi connectivity index (χ3n) is 6.12. The van der Waals surface area contributed by atoms with Gasteiger partial charge < -0.3 is 10.2 Å². The van der Waals surface area contributed by atoms with E-state index in [1.54, 1.807) is 6.08 Å². The van der Waals surface area contributed by atoms with E-state index in [-0.39, 0.29) is 11.1 Å². The van der Waals surface area contributed by atoms with Gasteiger partial charge in [-0.3, -0.25) is 4.79 Å². The maximum atomic E-state index is 12.8. The summed E-state index contributed by atoms with van der Waals surface area (Å²) < 4.78 is 0. The lowest BCUT2D eigenvalue weighted by molar-refractivity contribution is -0.112. The molecule has 162 valence electrons. The standard InChI is InChI=1S/C26H30ClN3O/c1-7-30-24-13-22(27)19(12-21(24)18(4)14-26(30,5)6)11-20(15-28)25(31)29-23-9-8-16(2)10-17(23)3/h8-13,18H,7,14H2,1-6H3,(H,29,31)/b20-11+. The van der Waals surface area contributed by atoms with Gasteiger partial charge in [0.25, 0.3) is 5.91 Å². The first-order valence-electron chi connectivity index (χ1n) is 10.7. The summed E-state index contributed by atoms with van der Waals surface area (Å²) in [5.41, 5.74) is 5.86. The highest BCUT2D eigenvalue weighted by Crippen LogP contribution is 2.45. The number of amides is 1. The van der Waals surface area contributed by atoms with Crippen LogP contribution in [0.4, 0.5) is 11.4 Å². The number of rotatable bonds is 4. The topological polar surface area (TPSA) is 56.1 Å². The smallest absolute Gasteiger partial charge is 0.266 e. The molecule has 1 amide bonds. The van der Waals surface area contributed by atoms with Gasteiger partial charge in [-0.1, -0.05) is 36.2 Å². The fraction of sp³-hybridized carbons (Fsp3) is 0.385. The Labute approximate surface area is 190 Å². The van der Waals surface area contributed by atoms with Crippen molar-refractivity contribution in [2.75, 3.05) is 16.8 Å². The zero-order valence-corrected chi connectivity index (χ0v) is 19.9. The van der Waals surface area contributed by atoms with E-state index in [9.17, 15) is 10.1 Å². The first-order chi connectivity index (χ1) is 14.6. The van der Waals surface area contributed by atoms with Crippen LogP contribution in [0.5, 0.6) is 0 Å². The zero-order chi connectivity index (χ0) is 22.9. The Kier molecular flexibility index (Phi) is 6.48. The van der Waals surface area contributed by atoms with Gasteiger partial charge in [0.05, 0.1) is 0 Å². The highest BCUT2D eigenvalue weighted by molar-refractivity contribution is 6.32. The normalized spacial score (nSPS) is 17.7. The third kappa shape index (κ3) is 4.62. The lowest BCUT2D eigenvalue weighted by Crippen LogP contribution is -2.48. The Morgan fingerprint density at radius 2 is 2.03 bits per heavy atom. The summed E-state index contributed by atoms with van der Waals surface area (Å²) in [6, 6.07) is 11.8. The number of halogens is 1. The molecule has 2 aromatic rings. The van der Waals surface area contributed by atoms with Crippen molar-refractivity contribution >= 4 is 35.0 Å². The molecule has 0 radical (unpaired) electrons. The average molecular weight is 436 g/mol. The third-order valence-corrected chi connectivity index (χ3v) is 6.44. The number of anilines is 2. The maximum Gasteiger partial charge on any atom is 0.266 e. The van der Waals surface area contributed by atoms with Crippen LogP contribution in [0.3, 0.4) is 0 Å². The number of nitrogens with zero attached hydrogens (tertiary/aromatic N) is 2. The molecule has 0 saturated heterocycles. The molecule has 3 rings (SSSR count). The number of benzene rings is 2. The molecular weight excluding hydrogens is 406 g/mol. The van der Waals surface area contributed by atoms with E-state index >= 15 is 0 Å². The zero-order valence-electron chi connectivity index (χ0n) is 19.1. The Hall–Kier alpha value is -2.77.